The van der Waals surface area contributed by atoms with E-state index in [4.69, 9.17) is 28.9 Å². The number of nitrogens with one attached hydrogen (secondary N) is 1. The maximum absolute atomic E-state index is 12.5. The summed E-state index contributed by atoms with van der Waals surface area (Å²) in [6.45, 7) is 0. The summed E-state index contributed by atoms with van der Waals surface area (Å²) < 4.78 is 21.8. The van der Waals surface area contributed by atoms with Gasteiger partial charge < -0.3 is 23.9 Å². The predicted molar refractivity (Wildman–Crippen MR) is 249 cm³/mol. The van der Waals surface area contributed by atoms with Crippen LogP contribution in [0.5, 0.6) is 0 Å². The van der Waals surface area contributed by atoms with Gasteiger partial charge in [-0.3, -0.25) is 0 Å². The lowest BCUT2D eigenvalue weighted by Gasteiger charge is -2.08. The lowest BCUT2D eigenvalue weighted by Crippen LogP contribution is -2.00. The van der Waals surface area contributed by atoms with Crippen LogP contribution in [0.4, 0.5) is 0 Å². The van der Waals surface area contributed by atoms with Crippen LogP contribution in [-0.4, -0.2) is 67.3 Å². The number of H-pyrrole nitrogens is 1. The van der Waals surface area contributed by atoms with Crippen molar-refractivity contribution in [2.75, 3.05) is 28.4 Å². The van der Waals surface area contributed by atoms with Crippen LogP contribution < -0.4 is 0 Å². The molecular formula is C52H37N3O8S. The highest BCUT2D eigenvalue weighted by Crippen LogP contribution is 2.41. The highest BCUT2D eigenvalue weighted by atomic mass is 32.1. The van der Waals surface area contributed by atoms with Gasteiger partial charge in [0.05, 0.1) is 73.5 Å². The summed E-state index contributed by atoms with van der Waals surface area (Å²) in [4.78, 5) is 64.3. The van der Waals surface area contributed by atoms with Crippen LogP contribution in [0.2, 0.25) is 0 Å². The van der Waals surface area contributed by atoms with E-state index in [1.807, 2.05) is 85.0 Å². The average molecular weight is 864 g/mol. The molecule has 0 saturated heterocycles. The first kappa shape index (κ1) is 41.1. The van der Waals surface area contributed by atoms with Crippen molar-refractivity contribution in [1.29, 1.82) is 0 Å². The van der Waals surface area contributed by atoms with Gasteiger partial charge in [0.2, 0.25) is 0 Å². The summed E-state index contributed by atoms with van der Waals surface area (Å²) in [5.41, 5.74) is 12.3. The second-order valence-electron chi connectivity index (χ2n) is 14.7. The SMILES string of the molecule is COC(=O)c1ccc(-c2c3nc(c(-c4ccc(C(=O)OC)cc4)c4ccc(s4)c(-c4ccc(C(=O)OC)cc4)c4nc(c(-c5ccc(C(=O)OC)cc5)c5ccc2[nH]5)C=C4)C=C3)cc1. The number of methoxy groups -OCH3 is 4. The van der Waals surface area contributed by atoms with Crippen molar-refractivity contribution in [2.24, 2.45) is 0 Å². The van der Waals surface area contributed by atoms with Gasteiger partial charge in [0, 0.05) is 42.7 Å². The van der Waals surface area contributed by atoms with E-state index < -0.39 is 23.9 Å². The molecule has 2 aliphatic heterocycles. The number of esters is 4. The Morgan fingerprint density at radius 3 is 0.922 bits per heavy atom. The second-order valence-corrected chi connectivity index (χ2v) is 15.7. The maximum atomic E-state index is 12.5. The molecule has 8 bridgehead atoms. The lowest BCUT2D eigenvalue weighted by atomic mass is 10.0. The Hall–Kier alpha value is -8.22. The molecule has 3 aromatic heterocycles. The third kappa shape index (κ3) is 7.67. The van der Waals surface area contributed by atoms with E-state index >= 15 is 0 Å². The van der Waals surface area contributed by atoms with Crippen LogP contribution in [0.25, 0.3) is 89.2 Å². The largest absolute Gasteiger partial charge is 0.465 e. The summed E-state index contributed by atoms with van der Waals surface area (Å²) in [7, 11) is 5.40. The fraction of sp³-hybridized carbons (Fsp3) is 0.0769. The van der Waals surface area contributed by atoms with Crippen molar-refractivity contribution in [1.82, 2.24) is 15.0 Å². The minimum atomic E-state index is -0.448. The normalized spacial score (nSPS) is 11.6. The third-order valence-corrected chi connectivity index (χ3v) is 12.1. The number of aromatic nitrogens is 3. The molecule has 0 amide bonds. The molecule has 0 fully saturated rings. The number of carbonyl (C=O) groups excluding carboxylic acids is 4. The van der Waals surface area contributed by atoms with Crippen molar-refractivity contribution in [3.8, 4) is 44.5 Å². The van der Waals surface area contributed by atoms with Gasteiger partial charge in [-0.05, 0) is 119 Å². The van der Waals surface area contributed by atoms with Crippen molar-refractivity contribution in [2.45, 2.75) is 0 Å². The zero-order valence-corrected chi connectivity index (χ0v) is 35.7. The molecule has 9 rings (SSSR count). The summed E-state index contributed by atoms with van der Waals surface area (Å²) in [6.07, 6.45) is 7.89. The van der Waals surface area contributed by atoms with E-state index in [9.17, 15) is 19.2 Å². The Morgan fingerprint density at radius 2 is 0.641 bits per heavy atom. The highest BCUT2D eigenvalue weighted by Gasteiger charge is 2.21. The first-order chi connectivity index (χ1) is 31.2. The number of fused-ring (bicyclic) bond motifs is 8. The Labute approximate surface area is 370 Å². The van der Waals surface area contributed by atoms with E-state index in [0.717, 1.165) is 64.9 Å². The van der Waals surface area contributed by atoms with Crippen LogP contribution in [0.3, 0.4) is 0 Å². The van der Waals surface area contributed by atoms with E-state index in [1.54, 1.807) is 59.9 Å². The number of aromatic amines is 1. The molecule has 0 aliphatic carbocycles. The lowest BCUT2D eigenvalue weighted by molar-refractivity contribution is 0.0592. The molecular weight excluding hydrogens is 827 g/mol. The summed E-state index contributed by atoms with van der Waals surface area (Å²) in [5.74, 6) is -1.78. The zero-order valence-electron chi connectivity index (χ0n) is 34.9. The molecule has 11 nitrogen and oxygen atoms in total. The number of hydrogen-bond donors (Lipinski definition) is 1. The fourth-order valence-corrected chi connectivity index (χ4v) is 9.01. The van der Waals surface area contributed by atoms with Crippen LogP contribution in [0.15, 0.2) is 121 Å². The zero-order chi connectivity index (χ0) is 44.5. The number of hydrogen-bond acceptors (Lipinski definition) is 11. The second kappa shape index (κ2) is 17.3. The van der Waals surface area contributed by atoms with Gasteiger partial charge in [-0.1, -0.05) is 48.5 Å². The Kier molecular flexibility index (Phi) is 11.1. The third-order valence-electron chi connectivity index (χ3n) is 11.0. The molecule has 0 radical (unpaired) electrons. The van der Waals surface area contributed by atoms with Gasteiger partial charge >= 0.3 is 23.9 Å². The molecule has 7 aromatic rings. The molecule has 5 heterocycles. The maximum Gasteiger partial charge on any atom is 0.337 e. The van der Waals surface area contributed by atoms with Gasteiger partial charge in [-0.15, -0.1) is 11.3 Å². The Bertz CT molecular complexity index is 2820. The molecule has 0 saturated carbocycles. The number of benzene rings is 4. The molecule has 12 heteroatoms. The van der Waals surface area contributed by atoms with Gasteiger partial charge in [-0.2, -0.15) is 0 Å². The highest BCUT2D eigenvalue weighted by molar-refractivity contribution is 7.24. The molecule has 2 aliphatic rings. The molecule has 314 valence electrons. The quantitative estimate of drug-likeness (QED) is 0.116. The first-order valence-corrected chi connectivity index (χ1v) is 20.8. The van der Waals surface area contributed by atoms with Gasteiger partial charge in [-0.25, -0.2) is 29.1 Å². The average Bonchev–Trinajstić information content (AvgIpc) is 4.20. The van der Waals surface area contributed by atoms with Crippen molar-refractivity contribution < 1.29 is 38.1 Å². The molecule has 0 atom stereocenters. The number of carbonyl (C=O) groups is 4. The monoisotopic (exact) mass is 863 g/mol. The van der Waals surface area contributed by atoms with Crippen LogP contribution in [0.1, 0.15) is 64.2 Å². The smallest absolute Gasteiger partial charge is 0.337 e. The Balaban J connectivity index is 1.40. The number of nitrogens with zero attached hydrogens (tertiary/aromatic N) is 2. The van der Waals surface area contributed by atoms with Crippen molar-refractivity contribution in [3.63, 3.8) is 0 Å². The predicted octanol–water partition coefficient (Wildman–Crippen LogP) is 11.2. The minimum Gasteiger partial charge on any atom is -0.465 e. The summed E-state index contributed by atoms with van der Waals surface area (Å²) in [6, 6.07) is 36.9. The van der Waals surface area contributed by atoms with Gasteiger partial charge in [0.15, 0.2) is 0 Å². The van der Waals surface area contributed by atoms with E-state index in [1.165, 1.54) is 28.4 Å². The van der Waals surface area contributed by atoms with Crippen LogP contribution in [-0.2, 0) is 18.9 Å². The summed E-state index contributed by atoms with van der Waals surface area (Å²) >= 11 is 1.56. The van der Waals surface area contributed by atoms with E-state index in [-0.39, 0.29) is 0 Å². The first-order valence-electron chi connectivity index (χ1n) is 20.0. The molecule has 64 heavy (non-hydrogen) atoms. The van der Waals surface area contributed by atoms with Gasteiger partial charge in [0.25, 0.3) is 0 Å². The van der Waals surface area contributed by atoms with Gasteiger partial charge in [0.1, 0.15) is 0 Å². The van der Waals surface area contributed by atoms with E-state index in [2.05, 4.69) is 17.1 Å². The standard InChI is InChI=1S/C52H37N3O8S/c1-60-49(56)33-13-5-29(6-14-33)45-37-21-22-38(53-37)46(30-7-15-34(16-8-30)50(57)61-2)40-24-26-42(55-40)48(32-11-19-36(20-12-32)52(59)63-4)44-28-27-43(64-44)47(41-25-23-39(45)54-41)31-9-17-35(18-10-31)51(58)62-3/h5-28,53H,1-4H3. The molecule has 0 spiro atoms. The van der Waals surface area contributed by atoms with Crippen molar-refractivity contribution >= 4 is 80.0 Å². The molecule has 1 N–H and O–H groups in total. The molecule has 0 unspecified atom stereocenters. The number of ether oxygens (including phenoxy) is 4. The number of thiophene rings is 1. The van der Waals surface area contributed by atoms with E-state index in [0.29, 0.717) is 45.0 Å². The van der Waals surface area contributed by atoms with Crippen LogP contribution in [0, 0.1) is 0 Å². The van der Waals surface area contributed by atoms with Crippen LogP contribution >= 0.6 is 11.3 Å². The summed E-state index contributed by atoms with van der Waals surface area (Å²) in [5, 5.41) is 0. The van der Waals surface area contributed by atoms with Crippen molar-refractivity contribution in [3.05, 3.63) is 166 Å². The fourth-order valence-electron chi connectivity index (χ4n) is 7.85. The molecule has 4 aromatic carbocycles. The number of rotatable bonds is 8. The minimum absolute atomic E-state index is 0.405. The topological polar surface area (TPSA) is 147 Å². The Morgan fingerprint density at radius 1 is 0.375 bits per heavy atom.